The number of fused-ring (bicyclic) bond motifs is 1. The van der Waals surface area contributed by atoms with Crippen LogP contribution in [-0.4, -0.2) is 27.6 Å². The summed E-state index contributed by atoms with van der Waals surface area (Å²) in [4.78, 5) is 28.0. The van der Waals surface area contributed by atoms with Crippen molar-refractivity contribution in [3.63, 3.8) is 0 Å². The highest BCUT2D eigenvalue weighted by atomic mass is 32.1. The van der Waals surface area contributed by atoms with Crippen molar-refractivity contribution >= 4 is 34.0 Å². The van der Waals surface area contributed by atoms with Crippen molar-refractivity contribution < 1.29 is 19.0 Å². The molecular weight excluding hydrogens is 396 g/mol. The summed E-state index contributed by atoms with van der Waals surface area (Å²) in [6.07, 6.45) is 3.67. The number of nitro benzene ring substituents is 1. The molecule has 1 aliphatic rings. The molecule has 0 radical (unpaired) electrons. The van der Waals surface area contributed by atoms with Gasteiger partial charge in [0, 0.05) is 23.1 Å². The summed E-state index contributed by atoms with van der Waals surface area (Å²) in [5.41, 5.74) is 2.47. The first-order chi connectivity index (χ1) is 14.0. The zero-order valence-corrected chi connectivity index (χ0v) is 16.2. The fourth-order valence-electron chi connectivity index (χ4n) is 2.98. The monoisotopic (exact) mass is 412 g/mol. The third-order valence-corrected chi connectivity index (χ3v) is 5.45. The molecule has 0 spiro atoms. The minimum Gasteiger partial charge on any atom is -0.376 e. The Morgan fingerprint density at radius 1 is 1.34 bits per heavy atom. The Hall–Kier alpha value is -3.37. The van der Waals surface area contributed by atoms with Gasteiger partial charge < -0.3 is 14.6 Å². The summed E-state index contributed by atoms with van der Waals surface area (Å²) >= 11 is 1.43. The summed E-state index contributed by atoms with van der Waals surface area (Å²) in [5, 5.41) is 18.1. The highest BCUT2D eigenvalue weighted by Crippen LogP contribution is 2.42. The maximum absolute atomic E-state index is 12.5. The molecule has 0 unspecified atom stereocenters. The lowest BCUT2D eigenvalue weighted by atomic mass is 10.1. The van der Waals surface area contributed by atoms with Crippen LogP contribution in [0.5, 0.6) is 0 Å². The van der Waals surface area contributed by atoms with Gasteiger partial charge in [0.05, 0.1) is 23.7 Å². The molecule has 2 aromatic heterocycles. The van der Waals surface area contributed by atoms with Gasteiger partial charge in [0.25, 0.3) is 11.6 Å². The Morgan fingerprint density at radius 2 is 2.14 bits per heavy atom. The molecule has 0 saturated heterocycles. The normalized spacial score (nSPS) is 13.4. The van der Waals surface area contributed by atoms with Crippen molar-refractivity contribution in [1.82, 2.24) is 10.1 Å². The fourth-order valence-corrected chi connectivity index (χ4v) is 4.16. The van der Waals surface area contributed by atoms with E-state index in [1.165, 1.54) is 29.5 Å². The summed E-state index contributed by atoms with van der Waals surface area (Å²) in [6.45, 7) is 2.81. The summed E-state index contributed by atoms with van der Waals surface area (Å²) in [5.74, 6) is 0.555. The summed E-state index contributed by atoms with van der Waals surface area (Å²) < 4.78 is 10.8. The first kappa shape index (κ1) is 19.0. The predicted octanol–water partition coefficient (Wildman–Crippen LogP) is 3.74. The number of rotatable bonds is 5. The number of hydrogen-bond donors (Lipinski definition) is 1. The summed E-state index contributed by atoms with van der Waals surface area (Å²) in [6, 6.07) is 5.94. The molecule has 0 saturated carbocycles. The number of hydrogen-bond acceptors (Lipinski definition) is 8. The Kier molecular flexibility index (Phi) is 5.19. The zero-order chi connectivity index (χ0) is 20.4. The molecule has 4 rings (SSSR count). The van der Waals surface area contributed by atoms with Crippen molar-refractivity contribution in [2.45, 2.75) is 20.0 Å². The zero-order valence-electron chi connectivity index (χ0n) is 15.4. The van der Waals surface area contributed by atoms with Crippen LogP contribution < -0.4 is 5.32 Å². The van der Waals surface area contributed by atoms with Crippen LogP contribution in [0.4, 0.5) is 10.7 Å². The Labute approximate surface area is 169 Å². The minimum absolute atomic E-state index is 0.00233. The van der Waals surface area contributed by atoms with Gasteiger partial charge in [-0.3, -0.25) is 14.9 Å². The number of nitrogens with zero attached hydrogens (tertiary/aromatic N) is 3. The number of aromatic nitrogens is 2. The lowest BCUT2D eigenvalue weighted by Gasteiger charge is -2.12. The molecule has 1 aromatic carbocycles. The maximum Gasteiger partial charge on any atom is 0.269 e. The van der Waals surface area contributed by atoms with Gasteiger partial charge in [-0.25, -0.2) is 0 Å². The van der Waals surface area contributed by atoms with E-state index in [0.717, 1.165) is 16.0 Å². The van der Waals surface area contributed by atoms with E-state index in [0.29, 0.717) is 41.9 Å². The molecule has 1 N–H and O–H groups in total. The highest BCUT2D eigenvalue weighted by molar-refractivity contribution is 7.17. The van der Waals surface area contributed by atoms with Gasteiger partial charge >= 0.3 is 0 Å². The number of carbonyl (C=O) groups is 1. The number of thiophene rings is 1. The lowest BCUT2D eigenvalue weighted by molar-refractivity contribution is -0.384. The van der Waals surface area contributed by atoms with E-state index in [9.17, 15) is 14.9 Å². The van der Waals surface area contributed by atoms with Crippen LogP contribution in [-0.2, 0) is 22.6 Å². The quantitative estimate of drug-likeness (QED) is 0.385. The van der Waals surface area contributed by atoms with Crippen LogP contribution in [0.25, 0.3) is 17.5 Å². The van der Waals surface area contributed by atoms with Gasteiger partial charge in [-0.15, -0.1) is 11.3 Å². The molecule has 29 heavy (non-hydrogen) atoms. The van der Waals surface area contributed by atoms with E-state index >= 15 is 0 Å². The van der Waals surface area contributed by atoms with Crippen LogP contribution >= 0.6 is 11.3 Å². The number of nitro groups is 1. The van der Waals surface area contributed by atoms with Crippen molar-refractivity contribution in [2.75, 3.05) is 11.9 Å². The fraction of sp³-hybridized carbons (Fsp3) is 0.211. The van der Waals surface area contributed by atoms with Crippen molar-refractivity contribution in [1.29, 1.82) is 0 Å². The SMILES string of the molecule is Cc1noc(-c2c(NC(=O)/C=C/c3ccc([N+](=O)[O-])cc3)sc3c2CCOC3)n1. The van der Waals surface area contributed by atoms with E-state index < -0.39 is 4.92 Å². The van der Waals surface area contributed by atoms with Gasteiger partial charge in [-0.05, 0) is 42.7 Å². The average Bonchev–Trinajstić information content (AvgIpc) is 3.29. The highest BCUT2D eigenvalue weighted by Gasteiger charge is 2.26. The molecule has 1 aliphatic heterocycles. The van der Waals surface area contributed by atoms with E-state index in [2.05, 4.69) is 15.5 Å². The van der Waals surface area contributed by atoms with Gasteiger partial charge in [-0.1, -0.05) is 5.16 Å². The number of amides is 1. The van der Waals surface area contributed by atoms with Crippen molar-refractivity contribution in [2.24, 2.45) is 0 Å². The van der Waals surface area contributed by atoms with E-state index in [1.807, 2.05) is 0 Å². The standard InChI is InChI=1S/C19H16N4O5S/c1-11-20-18(28-22-11)17-14-8-9-27-10-15(14)29-19(17)21-16(24)7-4-12-2-5-13(6-3-12)23(25)26/h2-7H,8-10H2,1H3,(H,21,24)/b7-4+. The average molecular weight is 412 g/mol. The second-order valence-corrected chi connectivity index (χ2v) is 7.43. The third-order valence-electron chi connectivity index (χ3n) is 4.33. The Bertz CT molecular complexity index is 1100. The molecule has 0 fully saturated rings. The van der Waals surface area contributed by atoms with Gasteiger partial charge in [-0.2, -0.15) is 4.98 Å². The molecule has 0 atom stereocenters. The molecule has 0 aliphatic carbocycles. The molecule has 9 nitrogen and oxygen atoms in total. The maximum atomic E-state index is 12.5. The number of benzene rings is 1. The van der Waals surface area contributed by atoms with Crippen molar-refractivity contribution in [3.05, 3.63) is 62.3 Å². The first-order valence-corrected chi connectivity index (χ1v) is 9.59. The van der Waals surface area contributed by atoms with Crippen LogP contribution in [0.2, 0.25) is 0 Å². The topological polar surface area (TPSA) is 120 Å². The molecule has 148 valence electrons. The van der Waals surface area contributed by atoms with Gasteiger partial charge in [0.2, 0.25) is 5.91 Å². The van der Waals surface area contributed by atoms with Gasteiger partial charge in [0.1, 0.15) is 5.00 Å². The van der Waals surface area contributed by atoms with Crippen LogP contribution in [0.3, 0.4) is 0 Å². The second-order valence-electron chi connectivity index (χ2n) is 6.33. The van der Waals surface area contributed by atoms with Crippen LogP contribution in [0.15, 0.2) is 34.9 Å². The molecule has 3 aromatic rings. The minimum atomic E-state index is -0.469. The van der Waals surface area contributed by atoms with Crippen LogP contribution in [0, 0.1) is 17.0 Å². The number of ether oxygens (including phenoxy) is 1. The number of anilines is 1. The number of aryl methyl sites for hydroxylation is 1. The molecule has 1 amide bonds. The Morgan fingerprint density at radius 3 is 2.83 bits per heavy atom. The molecule has 10 heteroatoms. The van der Waals surface area contributed by atoms with E-state index in [-0.39, 0.29) is 11.6 Å². The largest absolute Gasteiger partial charge is 0.376 e. The third kappa shape index (κ3) is 4.08. The molecule has 3 heterocycles. The van der Waals surface area contributed by atoms with Gasteiger partial charge in [0.15, 0.2) is 5.82 Å². The van der Waals surface area contributed by atoms with E-state index in [1.54, 1.807) is 25.1 Å². The summed E-state index contributed by atoms with van der Waals surface area (Å²) in [7, 11) is 0. The molecular formula is C19H16N4O5S. The van der Waals surface area contributed by atoms with Crippen LogP contribution in [0.1, 0.15) is 21.8 Å². The predicted molar refractivity (Wildman–Crippen MR) is 106 cm³/mol. The number of nitrogens with one attached hydrogen (secondary N) is 1. The van der Waals surface area contributed by atoms with Crippen molar-refractivity contribution in [3.8, 4) is 11.5 Å². The number of non-ortho nitro benzene ring substituents is 1. The van der Waals surface area contributed by atoms with E-state index in [4.69, 9.17) is 9.26 Å². The Balaban J connectivity index is 1.56. The second kappa shape index (κ2) is 7.94. The lowest BCUT2D eigenvalue weighted by Crippen LogP contribution is -2.09. The first-order valence-electron chi connectivity index (χ1n) is 8.78. The molecule has 0 bridgehead atoms. The smallest absolute Gasteiger partial charge is 0.269 e. The number of carbonyl (C=O) groups excluding carboxylic acids is 1.